The van der Waals surface area contributed by atoms with Crippen LogP contribution in [0.2, 0.25) is 0 Å². The highest BCUT2D eigenvalue weighted by Gasteiger charge is 2.05. The summed E-state index contributed by atoms with van der Waals surface area (Å²) in [7, 11) is 3.78. The summed E-state index contributed by atoms with van der Waals surface area (Å²) in [6, 6.07) is 4.60. The average Bonchev–Trinajstić information content (AvgIpc) is 2.18. The average molecular weight is 208 g/mol. The number of anilines is 1. The Hall–Kier alpha value is -1.67. The molecule has 0 spiro atoms. The van der Waals surface area contributed by atoms with E-state index >= 15 is 0 Å². The summed E-state index contributed by atoms with van der Waals surface area (Å²) in [6.45, 7) is 0.341. The van der Waals surface area contributed by atoms with Crippen LogP contribution in [-0.2, 0) is 11.2 Å². The maximum absolute atomic E-state index is 13.0. The zero-order chi connectivity index (χ0) is 11.3. The van der Waals surface area contributed by atoms with E-state index in [1.807, 2.05) is 19.0 Å². The first-order valence-corrected chi connectivity index (χ1v) is 4.64. The van der Waals surface area contributed by atoms with Crippen molar-refractivity contribution in [3.05, 3.63) is 29.6 Å². The molecule has 0 aliphatic heterocycles. The molecular formula is C11H13FN2O. The van der Waals surface area contributed by atoms with Gasteiger partial charge in [-0.15, -0.1) is 0 Å². The van der Waals surface area contributed by atoms with Gasteiger partial charge >= 0.3 is 0 Å². The number of isocyanates is 1. The summed E-state index contributed by atoms with van der Waals surface area (Å²) in [6.07, 6.45) is 2.01. The van der Waals surface area contributed by atoms with Crippen molar-refractivity contribution in [2.75, 3.05) is 25.5 Å². The highest BCUT2D eigenvalue weighted by molar-refractivity contribution is 5.52. The van der Waals surface area contributed by atoms with Crippen LogP contribution in [0.25, 0.3) is 0 Å². The molecule has 0 saturated heterocycles. The minimum absolute atomic E-state index is 0.273. The second kappa shape index (κ2) is 5.27. The van der Waals surface area contributed by atoms with Crippen molar-refractivity contribution >= 4 is 11.8 Å². The largest absolute Gasteiger partial charge is 0.377 e. The van der Waals surface area contributed by atoms with Gasteiger partial charge in [0.05, 0.1) is 6.54 Å². The summed E-state index contributed by atoms with van der Waals surface area (Å²) < 4.78 is 13.0. The molecule has 1 rings (SSSR count). The van der Waals surface area contributed by atoms with E-state index in [9.17, 15) is 9.18 Å². The quantitative estimate of drug-likeness (QED) is 0.558. The molecule has 0 atom stereocenters. The van der Waals surface area contributed by atoms with Crippen LogP contribution < -0.4 is 4.90 Å². The summed E-state index contributed by atoms with van der Waals surface area (Å²) in [5, 5.41) is 0. The van der Waals surface area contributed by atoms with E-state index in [1.54, 1.807) is 6.07 Å². The predicted octanol–water partition coefficient (Wildman–Crippen LogP) is 1.77. The third-order valence-electron chi connectivity index (χ3n) is 2.08. The molecule has 15 heavy (non-hydrogen) atoms. The van der Waals surface area contributed by atoms with Gasteiger partial charge in [0.15, 0.2) is 0 Å². The SMILES string of the molecule is CN(C)c1ccc(F)cc1CCN=C=O. The third kappa shape index (κ3) is 3.18. The fourth-order valence-electron chi connectivity index (χ4n) is 1.41. The lowest BCUT2D eigenvalue weighted by atomic mass is 10.1. The van der Waals surface area contributed by atoms with Crippen molar-refractivity contribution in [3.8, 4) is 0 Å². The van der Waals surface area contributed by atoms with Gasteiger partial charge in [0.25, 0.3) is 0 Å². The van der Waals surface area contributed by atoms with Crippen molar-refractivity contribution in [2.24, 2.45) is 4.99 Å². The molecule has 1 aromatic carbocycles. The molecule has 4 heteroatoms. The lowest BCUT2D eigenvalue weighted by Gasteiger charge is -2.16. The molecule has 0 aliphatic carbocycles. The number of hydrogen-bond acceptors (Lipinski definition) is 3. The number of rotatable bonds is 4. The minimum Gasteiger partial charge on any atom is -0.377 e. The zero-order valence-electron chi connectivity index (χ0n) is 8.83. The number of halogens is 1. The van der Waals surface area contributed by atoms with Crippen molar-refractivity contribution in [3.63, 3.8) is 0 Å². The standard InChI is InChI=1S/C11H13FN2O/c1-14(2)11-4-3-10(12)7-9(11)5-6-13-8-15/h3-4,7H,5-6H2,1-2H3. The Morgan fingerprint density at radius 1 is 1.47 bits per heavy atom. The molecule has 0 unspecified atom stereocenters. The summed E-state index contributed by atoms with van der Waals surface area (Å²) >= 11 is 0. The normalized spacial score (nSPS) is 9.53. The Labute approximate surface area is 88.2 Å². The highest BCUT2D eigenvalue weighted by atomic mass is 19.1. The van der Waals surface area contributed by atoms with Gasteiger partial charge in [0.2, 0.25) is 6.08 Å². The van der Waals surface area contributed by atoms with E-state index in [1.165, 1.54) is 18.2 Å². The maximum Gasteiger partial charge on any atom is 0.234 e. The van der Waals surface area contributed by atoms with Crippen LogP contribution in [0.1, 0.15) is 5.56 Å². The molecule has 1 aromatic rings. The van der Waals surface area contributed by atoms with Crippen molar-refractivity contribution in [1.82, 2.24) is 0 Å². The van der Waals surface area contributed by atoms with E-state index in [2.05, 4.69) is 4.99 Å². The van der Waals surface area contributed by atoms with Crippen molar-refractivity contribution in [2.45, 2.75) is 6.42 Å². The van der Waals surface area contributed by atoms with E-state index < -0.39 is 0 Å². The number of aliphatic imine (C=N–C) groups is 1. The molecule has 0 N–H and O–H groups in total. The van der Waals surface area contributed by atoms with E-state index in [0.29, 0.717) is 13.0 Å². The van der Waals surface area contributed by atoms with Gasteiger partial charge in [-0.05, 0) is 30.2 Å². The molecule has 0 saturated carbocycles. The highest BCUT2D eigenvalue weighted by Crippen LogP contribution is 2.20. The van der Waals surface area contributed by atoms with Gasteiger partial charge in [-0.3, -0.25) is 0 Å². The van der Waals surface area contributed by atoms with Crippen LogP contribution in [0.15, 0.2) is 23.2 Å². The lowest BCUT2D eigenvalue weighted by molar-refractivity contribution is 0.563. The second-order valence-electron chi connectivity index (χ2n) is 3.39. The first-order valence-electron chi connectivity index (χ1n) is 4.64. The van der Waals surface area contributed by atoms with E-state index in [-0.39, 0.29) is 5.82 Å². The van der Waals surface area contributed by atoms with Crippen LogP contribution in [0.4, 0.5) is 10.1 Å². The Balaban J connectivity index is 2.91. The molecule has 3 nitrogen and oxygen atoms in total. The van der Waals surface area contributed by atoms with Gasteiger partial charge in [-0.25, -0.2) is 14.2 Å². The van der Waals surface area contributed by atoms with Gasteiger partial charge < -0.3 is 4.90 Å². The number of benzene rings is 1. The number of carbonyl (C=O) groups excluding carboxylic acids is 1. The molecule has 80 valence electrons. The smallest absolute Gasteiger partial charge is 0.234 e. The maximum atomic E-state index is 13.0. The molecular weight excluding hydrogens is 195 g/mol. The monoisotopic (exact) mass is 208 g/mol. The molecule has 0 amide bonds. The van der Waals surface area contributed by atoms with Gasteiger partial charge in [0, 0.05) is 19.8 Å². The lowest BCUT2D eigenvalue weighted by Crippen LogP contribution is -2.12. The fourth-order valence-corrected chi connectivity index (χ4v) is 1.41. The summed E-state index contributed by atoms with van der Waals surface area (Å²) in [4.78, 5) is 15.3. The Bertz CT molecular complexity index is 384. The van der Waals surface area contributed by atoms with E-state index in [0.717, 1.165) is 11.3 Å². The van der Waals surface area contributed by atoms with Gasteiger partial charge in [-0.2, -0.15) is 0 Å². The fraction of sp³-hybridized carbons (Fsp3) is 0.364. The Kier molecular flexibility index (Phi) is 4.01. The molecule has 0 bridgehead atoms. The zero-order valence-corrected chi connectivity index (χ0v) is 8.83. The van der Waals surface area contributed by atoms with E-state index in [4.69, 9.17) is 0 Å². The first kappa shape index (κ1) is 11.4. The number of nitrogens with zero attached hydrogens (tertiary/aromatic N) is 2. The molecule has 0 aromatic heterocycles. The number of hydrogen-bond donors (Lipinski definition) is 0. The van der Waals surface area contributed by atoms with Crippen molar-refractivity contribution < 1.29 is 9.18 Å². The molecule has 0 radical (unpaired) electrons. The van der Waals surface area contributed by atoms with Gasteiger partial charge in [-0.1, -0.05) is 0 Å². The van der Waals surface area contributed by atoms with Crippen LogP contribution >= 0.6 is 0 Å². The third-order valence-corrected chi connectivity index (χ3v) is 2.08. The second-order valence-corrected chi connectivity index (χ2v) is 3.39. The minimum atomic E-state index is -0.273. The predicted molar refractivity (Wildman–Crippen MR) is 57.4 cm³/mol. The topological polar surface area (TPSA) is 32.7 Å². The van der Waals surface area contributed by atoms with Crippen LogP contribution in [0, 0.1) is 5.82 Å². The first-order chi connectivity index (χ1) is 7.15. The van der Waals surface area contributed by atoms with Crippen LogP contribution in [0.5, 0.6) is 0 Å². The summed E-state index contributed by atoms with van der Waals surface area (Å²) in [5.41, 5.74) is 1.79. The van der Waals surface area contributed by atoms with Gasteiger partial charge in [0.1, 0.15) is 5.82 Å². The molecule has 0 fully saturated rings. The summed E-state index contributed by atoms with van der Waals surface area (Å²) in [5.74, 6) is -0.273. The molecule has 0 aliphatic rings. The Morgan fingerprint density at radius 2 is 2.20 bits per heavy atom. The molecule has 0 heterocycles. The van der Waals surface area contributed by atoms with Crippen LogP contribution in [0.3, 0.4) is 0 Å². The van der Waals surface area contributed by atoms with Crippen molar-refractivity contribution in [1.29, 1.82) is 0 Å². The Morgan fingerprint density at radius 3 is 2.80 bits per heavy atom. The van der Waals surface area contributed by atoms with Crippen LogP contribution in [-0.4, -0.2) is 26.7 Å².